The highest BCUT2D eigenvalue weighted by atomic mass is 79.9. The van der Waals surface area contributed by atoms with Crippen LogP contribution >= 0.6 is 27.3 Å². The van der Waals surface area contributed by atoms with Gasteiger partial charge in [-0.1, -0.05) is 6.07 Å². The van der Waals surface area contributed by atoms with E-state index in [-0.39, 0.29) is 6.04 Å². The van der Waals surface area contributed by atoms with Crippen LogP contribution < -0.4 is 10.1 Å². The quantitative estimate of drug-likeness (QED) is 0.853. The van der Waals surface area contributed by atoms with Crippen molar-refractivity contribution < 1.29 is 4.74 Å². The van der Waals surface area contributed by atoms with Gasteiger partial charge in [0.15, 0.2) is 0 Å². The van der Waals surface area contributed by atoms with E-state index in [4.69, 9.17) is 4.74 Å². The second kappa shape index (κ2) is 5.76. The predicted molar refractivity (Wildman–Crippen MR) is 81.8 cm³/mol. The monoisotopic (exact) mass is 325 g/mol. The SMILES string of the molecule is COc1ccc(C)cc1NC(C)c1ccc(Br)s1. The summed E-state index contributed by atoms with van der Waals surface area (Å²) in [6.07, 6.45) is 0. The number of hydrogen-bond donors (Lipinski definition) is 1. The number of hydrogen-bond acceptors (Lipinski definition) is 3. The second-order valence-corrected chi connectivity index (χ2v) is 6.71. The smallest absolute Gasteiger partial charge is 0.141 e. The van der Waals surface area contributed by atoms with Gasteiger partial charge in [0.2, 0.25) is 0 Å². The van der Waals surface area contributed by atoms with Gasteiger partial charge in [0, 0.05) is 4.88 Å². The van der Waals surface area contributed by atoms with Gasteiger partial charge in [-0.15, -0.1) is 11.3 Å². The van der Waals surface area contributed by atoms with E-state index in [1.807, 2.05) is 6.07 Å². The van der Waals surface area contributed by atoms with E-state index in [1.165, 1.54) is 10.4 Å². The molecule has 1 aromatic heterocycles. The molecule has 0 aliphatic heterocycles. The van der Waals surface area contributed by atoms with E-state index < -0.39 is 0 Å². The number of benzene rings is 1. The number of nitrogens with one attached hydrogen (secondary N) is 1. The molecule has 1 aromatic carbocycles. The first-order valence-corrected chi connectivity index (χ1v) is 7.37. The third kappa shape index (κ3) is 3.06. The van der Waals surface area contributed by atoms with Crippen LogP contribution in [0.2, 0.25) is 0 Å². The van der Waals surface area contributed by atoms with E-state index in [2.05, 4.69) is 59.4 Å². The maximum absolute atomic E-state index is 5.37. The summed E-state index contributed by atoms with van der Waals surface area (Å²) in [6, 6.07) is 10.6. The molecule has 0 saturated carbocycles. The fourth-order valence-corrected chi connectivity index (χ4v) is 3.23. The van der Waals surface area contributed by atoms with Gasteiger partial charge >= 0.3 is 0 Å². The fraction of sp³-hybridized carbons (Fsp3) is 0.286. The average molecular weight is 326 g/mol. The van der Waals surface area contributed by atoms with Crippen molar-refractivity contribution in [3.05, 3.63) is 44.6 Å². The van der Waals surface area contributed by atoms with Crippen molar-refractivity contribution in [2.24, 2.45) is 0 Å². The number of methoxy groups -OCH3 is 1. The predicted octanol–water partition coefficient (Wildman–Crippen LogP) is 5.00. The van der Waals surface area contributed by atoms with Gasteiger partial charge < -0.3 is 10.1 Å². The van der Waals surface area contributed by atoms with Crippen molar-refractivity contribution in [2.45, 2.75) is 19.9 Å². The summed E-state index contributed by atoms with van der Waals surface area (Å²) in [7, 11) is 1.70. The Morgan fingerprint density at radius 3 is 2.67 bits per heavy atom. The molecule has 0 aliphatic rings. The number of ether oxygens (including phenoxy) is 1. The zero-order chi connectivity index (χ0) is 13.1. The lowest BCUT2D eigenvalue weighted by molar-refractivity contribution is 0.416. The molecule has 0 spiro atoms. The van der Waals surface area contributed by atoms with Crippen molar-refractivity contribution in [2.75, 3.05) is 12.4 Å². The number of aryl methyl sites for hydroxylation is 1. The average Bonchev–Trinajstić information content (AvgIpc) is 2.76. The Balaban J connectivity index is 2.20. The highest BCUT2D eigenvalue weighted by Crippen LogP contribution is 2.32. The van der Waals surface area contributed by atoms with Crippen molar-refractivity contribution in [1.82, 2.24) is 0 Å². The summed E-state index contributed by atoms with van der Waals surface area (Å²) < 4.78 is 6.53. The van der Waals surface area contributed by atoms with Crippen LogP contribution in [0.4, 0.5) is 5.69 Å². The minimum atomic E-state index is 0.261. The molecule has 0 radical (unpaired) electrons. The first-order chi connectivity index (χ1) is 8.60. The third-order valence-electron chi connectivity index (χ3n) is 2.75. The summed E-state index contributed by atoms with van der Waals surface area (Å²) in [5.74, 6) is 0.878. The fourth-order valence-electron chi connectivity index (χ4n) is 1.80. The van der Waals surface area contributed by atoms with Crippen LogP contribution in [0.3, 0.4) is 0 Å². The van der Waals surface area contributed by atoms with E-state index in [1.54, 1.807) is 18.4 Å². The largest absolute Gasteiger partial charge is 0.495 e. The van der Waals surface area contributed by atoms with Crippen molar-refractivity contribution >= 4 is 33.0 Å². The third-order valence-corrected chi connectivity index (χ3v) is 4.55. The Labute approximate surface area is 120 Å². The zero-order valence-electron chi connectivity index (χ0n) is 10.7. The van der Waals surface area contributed by atoms with Crippen LogP contribution in [-0.2, 0) is 0 Å². The molecule has 18 heavy (non-hydrogen) atoms. The van der Waals surface area contributed by atoms with Crippen LogP contribution in [-0.4, -0.2) is 7.11 Å². The normalized spacial score (nSPS) is 12.2. The van der Waals surface area contributed by atoms with Gasteiger partial charge in [0.05, 0.1) is 22.6 Å². The van der Waals surface area contributed by atoms with Crippen LogP contribution in [0.5, 0.6) is 5.75 Å². The van der Waals surface area contributed by atoms with E-state index in [0.29, 0.717) is 0 Å². The molecular weight excluding hydrogens is 310 g/mol. The molecule has 0 saturated heterocycles. The molecule has 1 unspecified atom stereocenters. The molecule has 2 aromatic rings. The van der Waals surface area contributed by atoms with Crippen LogP contribution in [0.15, 0.2) is 34.1 Å². The second-order valence-electron chi connectivity index (χ2n) is 4.21. The number of rotatable bonds is 4. The van der Waals surface area contributed by atoms with Crippen LogP contribution in [0.1, 0.15) is 23.4 Å². The highest BCUT2D eigenvalue weighted by Gasteiger charge is 2.10. The lowest BCUT2D eigenvalue weighted by Crippen LogP contribution is -2.06. The minimum Gasteiger partial charge on any atom is -0.495 e. The molecule has 4 heteroatoms. The van der Waals surface area contributed by atoms with Gasteiger partial charge in [-0.05, 0) is 59.6 Å². The molecule has 0 amide bonds. The topological polar surface area (TPSA) is 21.3 Å². The summed E-state index contributed by atoms with van der Waals surface area (Å²) in [5.41, 5.74) is 2.26. The standard InChI is InChI=1S/C14H16BrNOS/c1-9-4-5-12(17-3)11(8-9)16-10(2)13-6-7-14(15)18-13/h4-8,10,16H,1-3H3. The number of halogens is 1. The molecular formula is C14H16BrNOS. The van der Waals surface area contributed by atoms with Gasteiger partial charge in [0.25, 0.3) is 0 Å². The Bertz CT molecular complexity index is 538. The van der Waals surface area contributed by atoms with Gasteiger partial charge in [0.1, 0.15) is 5.75 Å². The maximum Gasteiger partial charge on any atom is 0.141 e. The Morgan fingerprint density at radius 1 is 1.28 bits per heavy atom. The maximum atomic E-state index is 5.37. The molecule has 1 heterocycles. The van der Waals surface area contributed by atoms with Gasteiger partial charge in [-0.3, -0.25) is 0 Å². The molecule has 1 atom stereocenters. The lowest BCUT2D eigenvalue weighted by Gasteiger charge is -2.17. The van der Waals surface area contributed by atoms with Crippen molar-refractivity contribution in [3.8, 4) is 5.75 Å². The first-order valence-electron chi connectivity index (χ1n) is 5.76. The van der Waals surface area contributed by atoms with E-state index >= 15 is 0 Å². The summed E-state index contributed by atoms with van der Waals surface area (Å²) >= 11 is 5.24. The molecule has 0 bridgehead atoms. The number of thiophene rings is 1. The molecule has 2 nitrogen and oxygen atoms in total. The minimum absolute atomic E-state index is 0.261. The van der Waals surface area contributed by atoms with E-state index in [9.17, 15) is 0 Å². The van der Waals surface area contributed by atoms with E-state index in [0.717, 1.165) is 15.2 Å². The summed E-state index contributed by atoms with van der Waals surface area (Å²) in [5, 5.41) is 3.50. The van der Waals surface area contributed by atoms with Crippen molar-refractivity contribution in [1.29, 1.82) is 0 Å². The zero-order valence-corrected chi connectivity index (χ0v) is 13.1. The summed E-state index contributed by atoms with van der Waals surface area (Å²) in [6.45, 7) is 4.23. The highest BCUT2D eigenvalue weighted by molar-refractivity contribution is 9.11. The first kappa shape index (κ1) is 13.4. The Morgan fingerprint density at radius 2 is 2.06 bits per heavy atom. The molecule has 1 N–H and O–H groups in total. The molecule has 0 aliphatic carbocycles. The van der Waals surface area contributed by atoms with Gasteiger partial charge in [-0.2, -0.15) is 0 Å². The number of anilines is 1. The molecule has 2 rings (SSSR count). The van der Waals surface area contributed by atoms with Crippen LogP contribution in [0, 0.1) is 6.92 Å². The molecule has 0 fully saturated rings. The Kier molecular flexibility index (Phi) is 4.30. The Hall–Kier alpha value is -1.000. The molecule has 96 valence electrons. The van der Waals surface area contributed by atoms with Crippen LogP contribution in [0.25, 0.3) is 0 Å². The van der Waals surface area contributed by atoms with Crippen molar-refractivity contribution in [3.63, 3.8) is 0 Å². The summed E-state index contributed by atoms with van der Waals surface area (Å²) in [4.78, 5) is 1.30. The lowest BCUT2D eigenvalue weighted by atomic mass is 10.2. The van der Waals surface area contributed by atoms with Gasteiger partial charge in [-0.25, -0.2) is 0 Å².